The van der Waals surface area contributed by atoms with Gasteiger partial charge in [0.25, 0.3) is 0 Å². The first-order chi connectivity index (χ1) is 31.2. The molecule has 0 aliphatic heterocycles. The van der Waals surface area contributed by atoms with E-state index in [1.165, 1.54) is 165 Å². The molecule has 0 spiro atoms. The summed E-state index contributed by atoms with van der Waals surface area (Å²) in [5.41, 5.74) is 5.80. The Bertz CT molecular complexity index is 1530. The first-order valence-electron chi connectivity index (χ1n) is 27.7. The van der Waals surface area contributed by atoms with Crippen LogP contribution in [0.1, 0.15) is 231 Å². The van der Waals surface area contributed by atoms with Crippen LogP contribution in [0.15, 0.2) is 84.9 Å². The minimum atomic E-state index is -0.563. The molecule has 0 saturated heterocycles. The molecular formula is C60H95P3. The van der Waals surface area contributed by atoms with Crippen LogP contribution in [0, 0.1) is 5.92 Å². The zero-order chi connectivity index (χ0) is 43.7. The molecule has 0 aromatic heterocycles. The summed E-state index contributed by atoms with van der Waals surface area (Å²) in [6, 6.07) is 33.0. The second-order valence-corrected chi connectivity index (χ2v) is 28.8. The van der Waals surface area contributed by atoms with E-state index in [4.69, 9.17) is 0 Å². The molecule has 6 atom stereocenters. The van der Waals surface area contributed by atoms with Crippen molar-refractivity contribution in [3.05, 3.63) is 90.5 Å². The van der Waals surface area contributed by atoms with E-state index < -0.39 is 7.92 Å². The van der Waals surface area contributed by atoms with Crippen LogP contribution in [-0.2, 0) is 0 Å². The molecule has 0 amide bonds. The highest BCUT2D eigenvalue weighted by Crippen LogP contribution is 2.64. The van der Waals surface area contributed by atoms with E-state index in [0.717, 1.165) is 34.5 Å². The Morgan fingerprint density at radius 1 is 0.444 bits per heavy atom. The average Bonchev–Trinajstić information content (AvgIpc) is 3.33. The lowest BCUT2D eigenvalue weighted by atomic mass is 9.83. The van der Waals surface area contributed by atoms with Gasteiger partial charge in [-0.05, 0) is 147 Å². The largest absolute Gasteiger partial charge is 0.103 e. The lowest BCUT2D eigenvalue weighted by Crippen LogP contribution is -2.34. The first-order valence-corrected chi connectivity index (χ1v) is 32.4. The van der Waals surface area contributed by atoms with E-state index in [1.54, 1.807) is 68.1 Å². The average molecular weight is 909 g/mol. The van der Waals surface area contributed by atoms with Crippen molar-refractivity contribution in [1.29, 1.82) is 0 Å². The summed E-state index contributed by atoms with van der Waals surface area (Å²) in [5, 5.41) is 4.50. The number of hydrogen-bond donors (Lipinski definition) is 0. The predicted molar refractivity (Wildman–Crippen MR) is 290 cm³/mol. The highest BCUT2D eigenvalue weighted by atomic mass is 31.1. The Kier molecular flexibility index (Phi) is 24.7. The summed E-state index contributed by atoms with van der Waals surface area (Å²) in [4.78, 5) is 0. The van der Waals surface area contributed by atoms with Crippen molar-refractivity contribution < 1.29 is 0 Å². The summed E-state index contributed by atoms with van der Waals surface area (Å²) < 4.78 is 0. The lowest BCUT2D eigenvalue weighted by Gasteiger charge is -2.48. The molecule has 3 aliphatic rings. The number of rotatable bonds is 29. The van der Waals surface area contributed by atoms with Crippen molar-refractivity contribution in [2.24, 2.45) is 5.92 Å². The molecule has 350 valence electrons. The highest BCUT2D eigenvalue weighted by Gasteiger charge is 2.42. The second kappa shape index (κ2) is 30.4. The normalized spacial score (nSPS) is 22.1. The Morgan fingerprint density at radius 3 is 1.56 bits per heavy atom. The van der Waals surface area contributed by atoms with E-state index in [9.17, 15) is 0 Å². The Labute approximate surface area is 394 Å². The van der Waals surface area contributed by atoms with Crippen LogP contribution in [0.4, 0.5) is 0 Å². The van der Waals surface area contributed by atoms with Gasteiger partial charge in [0.2, 0.25) is 0 Å². The van der Waals surface area contributed by atoms with Crippen molar-refractivity contribution in [2.45, 2.75) is 248 Å². The fraction of sp³-hybridized carbons (Fsp3) is 0.700. The predicted octanol–water partition coefficient (Wildman–Crippen LogP) is 18.8. The van der Waals surface area contributed by atoms with Gasteiger partial charge < -0.3 is 0 Å². The topological polar surface area (TPSA) is 0 Å². The third kappa shape index (κ3) is 16.9. The molecule has 0 nitrogen and oxygen atoms in total. The molecule has 3 aromatic rings. The lowest BCUT2D eigenvalue weighted by molar-refractivity contribution is 0.332. The zero-order valence-corrected chi connectivity index (χ0v) is 43.9. The molecule has 0 bridgehead atoms. The van der Waals surface area contributed by atoms with Crippen LogP contribution in [0.2, 0.25) is 0 Å². The summed E-state index contributed by atoms with van der Waals surface area (Å²) in [7, 11) is -0.366. The van der Waals surface area contributed by atoms with Gasteiger partial charge in [-0.15, -0.1) is 7.92 Å². The fourth-order valence-corrected chi connectivity index (χ4v) is 23.3. The molecule has 3 aliphatic carbocycles. The second-order valence-electron chi connectivity index (χ2n) is 20.8. The Balaban J connectivity index is 1.21. The standard InChI is InChI=1S/C60H95P3/c1-4-7-10-13-16-28-46-61(47-29-17-14-11-8-5-2)60(45-27-15-12-9-6-3)53-35-32-44-59(50-53)63(56-40-25-20-26-41-56)58-43-31-34-52(49-58)51-33-30-42-57(48-51)62(54-36-21-18-22-37-54)55-38-23-19-24-39-55/h18-19,21-24,30,33,36-39,42,48,52-53,56,58-60H,4-17,20,25-29,31-32,34-35,40-41,43-47,49-50H2,1-3H3. The first kappa shape index (κ1) is 51.3. The van der Waals surface area contributed by atoms with Crippen molar-refractivity contribution >= 4 is 39.7 Å². The van der Waals surface area contributed by atoms with Crippen LogP contribution in [0.5, 0.6) is 0 Å². The summed E-state index contributed by atoms with van der Waals surface area (Å²) >= 11 is 0. The minimum Gasteiger partial charge on any atom is -0.103 e. The number of hydrogen-bond acceptors (Lipinski definition) is 0. The molecule has 6 rings (SSSR count). The molecule has 3 aromatic carbocycles. The van der Waals surface area contributed by atoms with Crippen LogP contribution in [-0.4, -0.2) is 35.0 Å². The molecule has 63 heavy (non-hydrogen) atoms. The van der Waals surface area contributed by atoms with E-state index in [0.29, 0.717) is 0 Å². The molecule has 3 fully saturated rings. The third-order valence-electron chi connectivity index (χ3n) is 16.0. The van der Waals surface area contributed by atoms with Crippen LogP contribution in [0.3, 0.4) is 0 Å². The molecule has 6 unspecified atom stereocenters. The van der Waals surface area contributed by atoms with E-state index in [-0.39, 0.29) is 15.8 Å². The van der Waals surface area contributed by atoms with E-state index in [1.807, 2.05) is 0 Å². The van der Waals surface area contributed by atoms with Crippen LogP contribution < -0.4 is 15.9 Å². The van der Waals surface area contributed by atoms with Gasteiger partial charge in [0.1, 0.15) is 0 Å². The molecule has 3 heteroatoms. The van der Waals surface area contributed by atoms with E-state index in [2.05, 4.69) is 106 Å². The molecule has 0 N–H and O–H groups in total. The van der Waals surface area contributed by atoms with Gasteiger partial charge in [0.15, 0.2) is 0 Å². The van der Waals surface area contributed by atoms with Crippen LogP contribution in [0.25, 0.3) is 0 Å². The molecule has 0 radical (unpaired) electrons. The maximum Gasteiger partial charge on any atom is -0.0134 e. The van der Waals surface area contributed by atoms with Gasteiger partial charge in [-0.3, -0.25) is 0 Å². The van der Waals surface area contributed by atoms with Crippen molar-refractivity contribution in [3.8, 4) is 0 Å². The molecule has 0 heterocycles. The maximum atomic E-state index is 2.69. The molecule has 3 saturated carbocycles. The minimum absolute atomic E-state index is 0.0557. The fourth-order valence-electron chi connectivity index (χ4n) is 12.7. The van der Waals surface area contributed by atoms with Gasteiger partial charge in [-0.1, -0.05) is 242 Å². The smallest absolute Gasteiger partial charge is 0.0134 e. The number of unbranched alkanes of at least 4 members (excludes halogenated alkanes) is 14. The van der Waals surface area contributed by atoms with E-state index >= 15 is 0 Å². The van der Waals surface area contributed by atoms with Gasteiger partial charge in [0, 0.05) is 0 Å². The quantitative estimate of drug-likeness (QED) is 0.0481. The van der Waals surface area contributed by atoms with Gasteiger partial charge in [-0.2, -0.15) is 0 Å². The van der Waals surface area contributed by atoms with Crippen LogP contribution >= 0.6 is 23.8 Å². The van der Waals surface area contributed by atoms with Gasteiger partial charge in [-0.25, -0.2) is 0 Å². The SMILES string of the molecule is CCCCCCCCP(CCCCCCCC)C(CCCCCCC)C1CCCC(P(C2CCCCC2)C2CCCC(c3cccc(P(c4ccccc4)c4ccccc4)c3)C2)C1. The summed E-state index contributed by atoms with van der Waals surface area (Å²) in [6.07, 6.45) is 49.6. The van der Waals surface area contributed by atoms with Gasteiger partial charge in [0.05, 0.1) is 0 Å². The van der Waals surface area contributed by atoms with Gasteiger partial charge >= 0.3 is 0 Å². The van der Waals surface area contributed by atoms with Crippen molar-refractivity contribution in [1.82, 2.24) is 0 Å². The number of benzene rings is 3. The summed E-state index contributed by atoms with van der Waals surface area (Å²) in [5.74, 6) is 1.76. The highest BCUT2D eigenvalue weighted by molar-refractivity contribution is 7.79. The third-order valence-corrected chi connectivity index (χ3v) is 25.8. The summed E-state index contributed by atoms with van der Waals surface area (Å²) in [6.45, 7) is 7.15. The zero-order valence-electron chi connectivity index (χ0n) is 41.2. The Hall–Kier alpha value is -1.05. The molecular weight excluding hydrogens is 814 g/mol. The van der Waals surface area contributed by atoms with Crippen molar-refractivity contribution in [2.75, 3.05) is 12.3 Å². The Morgan fingerprint density at radius 2 is 0.952 bits per heavy atom. The maximum absolute atomic E-state index is 2.69. The monoisotopic (exact) mass is 909 g/mol. The van der Waals surface area contributed by atoms with Crippen molar-refractivity contribution in [3.63, 3.8) is 0 Å².